The van der Waals surface area contributed by atoms with Gasteiger partial charge >= 0.3 is 0 Å². The zero-order chi connectivity index (χ0) is 14.0. The van der Waals surface area contributed by atoms with Gasteiger partial charge in [0.15, 0.2) is 11.2 Å². The average molecular weight is 265 g/mol. The van der Waals surface area contributed by atoms with Crippen molar-refractivity contribution in [1.82, 2.24) is 19.5 Å². The molecule has 1 atom stereocenters. The van der Waals surface area contributed by atoms with Crippen molar-refractivity contribution in [2.75, 3.05) is 11.9 Å². The van der Waals surface area contributed by atoms with E-state index >= 15 is 0 Å². The molecule has 19 heavy (non-hydrogen) atoms. The Bertz CT molecular complexity index is 564. The molecule has 0 radical (unpaired) electrons. The molecule has 0 saturated carbocycles. The molecule has 0 aliphatic carbocycles. The molecule has 0 amide bonds. The van der Waals surface area contributed by atoms with Crippen molar-refractivity contribution in [2.24, 2.45) is 0 Å². The summed E-state index contributed by atoms with van der Waals surface area (Å²) >= 11 is 0. The van der Waals surface area contributed by atoms with Crippen molar-refractivity contribution in [3.8, 4) is 5.88 Å². The van der Waals surface area contributed by atoms with Crippen LogP contribution < -0.4 is 10.1 Å². The summed E-state index contributed by atoms with van der Waals surface area (Å²) in [6.07, 6.45) is 0.987. The number of aliphatic hydroxyl groups excluding tert-OH is 1. The molecule has 2 aromatic heterocycles. The third-order valence-electron chi connectivity index (χ3n) is 2.56. The summed E-state index contributed by atoms with van der Waals surface area (Å²) in [4.78, 5) is 12.9. The maximum Gasteiger partial charge on any atom is 0.247 e. The van der Waals surface area contributed by atoms with E-state index in [0.717, 1.165) is 0 Å². The minimum atomic E-state index is -0.734. The Balaban J connectivity index is 2.57. The third kappa shape index (κ3) is 2.76. The summed E-state index contributed by atoms with van der Waals surface area (Å²) in [5, 5.41) is 12.1. The van der Waals surface area contributed by atoms with E-state index in [1.807, 2.05) is 25.3 Å². The topological polar surface area (TPSA) is 85.1 Å². The van der Waals surface area contributed by atoms with Gasteiger partial charge in [0.25, 0.3) is 0 Å². The monoisotopic (exact) mass is 265 g/mol. The molecule has 0 bridgehead atoms. The first-order chi connectivity index (χ1) is 9.02. The van der Waals surface area contributed by atoms with Crippen LogP contribution in [0.15, 0.2) is 6.33 Å². The van der Waals surface area contributed by atoms with Gasteiger partial charge in [-0.3, -0.25) is 0 Å². The van der Waals surface area contributed by atoms with Gasteiger partial charge in [0.2, 0.25) is 11.8 Å². The molecule has 0 aliphatic rings. The van der Waals surface area contributed by atoms with Gasteiger partial charge in [0.1, 0.15) is 6.23 Å². The molecule has 7 nitrogen and oxygen atoms in total. The minimum Gasteiger partial charge on any atom is -0.476 e. The van der Waals surface area contributed by atoms with Crippen LogP contribution in [-0.4, -0.2) is 37.5 Å². The fourth-order valence-corrected chi connectivity index (χ4v) is 1.76. The smallest absolute Gasteiger partial charge is 0.247 e. The number of hydrogen-bond acceptors (Lipinski definition) is 6. The summed E-state index contributed by atoms with van der Waals surface area (Å²) in [7, 11) is 0. The summed E-state index contributed by atoms with van der Waals surface area (Å²) < 4.78 is 7.42. The van der Waals surface area contributed by atoms with E-state index in [4.69, 9.17) is 4.74 Å². The Morgan fingerprint density at radius 1 is 1.37 bits per heavy atom. The Labute approximate surface area is 111 Å². The average Bonchev–Trinajstić information content (AvgIpc) is 2.72. The van der Waals surface area contributed by atoms with Gasteiger partial charge in [-0.2, -0.15) is 9.97 Å². The molecule has 0 saturated heterocycles. The summed E-state index contributed by atoms with van der Waals surface area (Å²) in [5.41, 5.74) is 1.32. The van der Waals surface area contributed by atoms with E-state index in [2.05, 4.69) is 20.3 Å². The molecular weight excluding hydrogens is 246 g/mol. The number of hydrogen-bond donors (Lipinski definition) is 2. The highest BCUT2D eigenvalue weighted by molar-refractivity contribution is 5.77. The lowest BCUT2D eigenvalue weighted by molar-refractivity contribution is 0.223. The van der Waals surface area contributed by atoms with E-state index in [1.54, 1.807) is 13.3 Å². The highest BCUT2D eigenvalue weighted by Gasteiger charge is 2.16. The molecule has 7 heteroatoms. The zero-order valence-electron chi connectivity index (χ0n) is 11.6. The quantitative estimate of drug-likeness (QED) is 0.798. The molecule has 0 spiro atoms. The first-order valence-electron chi connectivity index (χ1n) is 6.35. The summed E-state index contributed by atoms with van der Waals surface area (Å²) in [6, 6.07) is 0.230. The maximum absolute atomic E-state index is 9.37. The number of nitrogens with zero attached hydrogens (tertiary/aromatic N) is 4. The molecule has 2 rings (SSSR count). The van der Waals surface area contributed by atoms with Gasteiger partial charge in [-0.05, 0) is 27.7 Å². The Hall–Kier alpha value is -1.89. The second-order valence-electron chi connectivity index (χ2n) is 4.52. The van der Waals surface area contributed by atoms with Crippen LogP contribution >= 0.6 is 0 Å². The number of nitrogens with one attached hydrogen (secondary N) is 1. The highest BCUT2D eigenvalue weighted by Crippen LogP contribution is 2.25. The van der Waals surface area contributed by atoms with Gasteiger partial charge in [0.05, 0.1) is 12.9 Å². The standard InChI is InChI=1S/C12H19N5O2/c1-5-19-11-9-10(17(6-13-9)7(2)3)15-12(16-11)14-8(4)18/h6-8,18H,5H2,1-4H3,(H,14,15,16). The summed E-state index contributed by atoms with van der Waals surface area (Å²) in [5.74, 6) is 0.753. The number of fused-ring (bicyclic) bond motifs is 1. The van der Waals surface area contributed by atoms with Crippen LogP contribution in [0.1, 0.15) is 33.7 Å². The molecule has 2 heterocycles. The molecule has 104 valence electrons. The van der Waals surface area contributed by atoms with Crippen LogP contribution in [0, 0.1) is 0 Å². The van der Waals surface area contributed by atoms with Crippen molar-refractivity contribution >= 4 is 17.1 Å². The lowest BCUT2D eigenvalue weighted by Gasteiger charge is -2.12. The molecule has 0 aromatic carbocycles. The van der Waals surface area contributed by atoms with Crippen molar-refractivity contribution in [3.63, 3.8) is 0 Å². The van der Waals surface area contributed by atoms with Crippen molar-refractivity contribution in [2.45, 2.75) is 40.0 Å². The Kier molecular flexibility index (Phi) is 3.84. The van der Waals surface area contributed by atoms with Gasteiger partial charge in [0, 0.05) is 6.04 Å². The molecule has 1 unspecified atom stereocenters. The molecule has 0 fully saturated rings. The molecular formula is C12H19N5O2. The van der Waals surface area contributed by atoms with E-state index in [0.29, 0.717) is 29.6 Å². The number of imidazole rings is 1. The largest absolute Gasteiger partial charge is 0.476 e. The van der Waals surface area contributed by atoms with Crippen LogP contribution in [0.5, 0.6) is 5.88 Å². The fourth-order valence-electron chi connectivity index (χ4n) is 1.76. The Morgan fingerprint density at radius 2 is 2.11 bits per heavy atom. The maximum atomic E-state index is 9.37. The molecule has 2 N–H and O–H groups in total. The van der Waals surface area contributed by atoms with E-state index in [-0.39, 0.29) is 6.04 Å². The zero-order valence-corrected chi connectivity index (χ0v) is 11.6. The van der Waals surface area contributed by atoms with Crippen LogP contribution in [-0.2, 0) is 0 Å². The molecule has 0 aliphatic heterocycles. The van der Waals surface area contributed by atoms with Gasteiger partial charge in [-0.15, -0.1) is 0 Å². The second-order valence-corrected chi connectivity index (χ2v) is 4.52. The van der Waals surface area contributed by atoms with Crippen molar-refractivity contribution < 1.29 is 9.84 Å². The predicted octanol–water partition coefficient (Wildman–Crippen LogP) is 1.56. The number of aliphatic hydroxyl groups is 1. The number of anilines is 1. The SMILES string of the molecule is CCOc1nc(NC(C)O)nc2c1ncn2C(C)C. The first-order valence-corrected chi connectivity index (χ1v) is 6.35. The summed E-state index contributed by atoms with van der Waals surface area (Å²) in [6.45, 7) is 8.08. The van der Waals surface area contributed by atoms with Crippen molar-refractivity contribution in [1.29, 1.82) is 0 Å². The third-order valence-corrected chi connectivity index (χ3v) is 2.56. The van der Waals surface area contributed by atoms with Gasteiger partial charge in [-0.1, -0.05) is 0 Å². The minimum absolute atomic E-state index is 0.230. The lowest BCUT2D eigenvalue weighted by Crippen LogP contribution is -2.16. The van der Waals surface area contributed by atoms with Crippen LogP contribution in [0.3, 0.4) is 0 Å². The van der Waals surface area contributed by atoms with Gasteiger partial charge < -0.3 is 19.7 Å². The Morgan fingerprint density at radius 3 is 2.68 bits per heavy atom. The van der Waals surface area contributed by atoms with Crippen LogP contribution in [0.25, 0.3) is 11.2 Å². The second kappa shape index (κ2) is 5.40. The lowest BCUT2D eigenvalue weighted by atomic mass is 10.4. The highest BCUT2D eigenvalue weighted by atomic mass is 16.5. The fraction of sp³-hybridized carbons (Fsp3) is 0.583. The van der Waals surface area contributed by atoms with Gasteiger partial charge in [-0.25, -0.2) is 4.98 Å². The number of aromatic nitrogens is 4. The predicted molar refractivity (Wildman–Crippen MR) is 72.2 cm³/mol. The first kappa shape index (κ1) is 13.5. The van der Waals surface area contributed by atoms with E-state index < -0.39 is 6.23 Å². The number of rotatable bonds is 5. The van der Waals surface area contributed by atoms with E-state index in [9.17, 15) is 5.11 Å². The van der Waals surface area contributed by atoms with E-state index in [1.165, 1.54) is 0 Å². The van der Waals surface area contributed by atoms with Crippen LogP contribution in [0.2, 0.25) is 0 Å². The van der Waals surface area contributed by atoms with Crippen molar-refractivity contribution in [3.05, 3.63) is 6.33 Å². The number of ether oxygens (including phenoxy) is 1. The normalized spacial score (nSPS) is 12.9. The van der Waals surface area contributed by atoms with Crippen LogP contribution in [0.4, 0.5) is 5.95 Å². The molecule has 2 aromatic rings.